The number of anilines is 1. The van der Waals surface area contributed by atoms with Crippen LogP contribution < -0.4 is 5.32 Å². The molecule has 0 spiro atoms. The molecule has 0 saturated carbocycles. The fraction of sp³-hybridized carbons (Fsp3) is 0.227. The molecule has 3 aromatic rings. The van der Waals surface area contributed by atoms with Gasteiger partial charge in [0.2, 0.25) is 5.91 Å². The first kappa shape index (κ1) is 22.4. The molecule has 0 bridgehead atoms. The van der Waals surface area contributed by atoms with Gasteiger partial charge < -0.3 is 10.2 Å². The first-order chi connectivity index (χ1) is 14.5. The van der Waals surface area contributed by atoms with Gasteiger partial charge in [0.05, 0.1) is 12.2 Å². The minimum absolute atomic E-state index is 0.0114. The number of para-hydroxylation sites is 1. The van der Waals surface area contributed by atoms with E-state index >= 15 is 0 Å². The Balaban J connectivity index is 1.54. The van der Waals surface area contributed by atoms with Crippen molar-refractivity contribution in [2.24, 2.45) is 0 Å². The van der Waals surface area contributed by atoms with E-state index in [1.165, 1.54) is 4.90 Å². The van der Waals surface area contributed by atoms with Crippen molar-refractivity contribution in [1.82, 2.24) is 9.88 Å². The number of benzene rings is 2. The number of hydrogen-bond acceptors (Lipinski definition) is 6. The third kappa shape index (κ3) is 6.10. The molecule has 0 unspecified atom stereocenters. The molecule has 0 fully saturated rings. The number of nitrogens with zero attached hydrogens (tertiary/aromatic N) is 2. The minimum Gasteiger partial charge on any atom is -0.332 e. The van der Waals surface area contributed by atoms with E-state index < -0.39 is 0 Å². The lowest BCUT2D eigenvalue weighted by Crippen LogP contribution is -2.35. The smallest absolute Gasteiger partial charge is 0.254 e. The third-order valence-electron chi connectivity index (χ3n) is 4.27. The van der Waals surface area contributed by atoms with Crippen LogP contribution in [0.2, 0.25) is 0 Å². The average molecular weight is 458 g/mol. The monoisotopic (exact) mass is 457 g/mol. The number of likely N-dealkylation sites (N-methyl/N-ethyl adjacent to an activating group) is 1. The van der Waals surface area contributed by atoms with Crippen molar-refractivity contribution in [1.29, 1.82) is 0 Å². The number of hydrogen-bond donors (Lipinski definition) is 1. The summed E-state index contributed by atoms with van der Waals surface area (Å²) < 4.78 is 1.04. The second kappa shape index (κ2) is 10.7. The summed E-state index contributed by atoms with van der Waals surface area (Å²) >= 11 is 4.89. The number of carbonyl (C=O) groups is 2. The van der Waals surface area contributed by atoms with Crippen molar-refractivity contribution in [2.45, 2.75) is 21.9 Å². The zero-order valence-electron chi connectivity index (χ0n) is 17.0. The molecule has 5 nitrogen and oxygen atoms in total. The highest BCUT2D eigenvalue weighted by Gasteiger charge is 2.16. The molecule has 0 aliphatic rings. The summed E-state index contributed by atoms with van der Waals surface area (Å²) in [6.07, 6.45) is 1.96. The number of nitrogens with one attached hydrogen (secondary N) is 1. The van der Waals surface area contributed by atoms with Crippen molar-refractivity contribution < 1.29 is 9.59 Å². The average Bonchev–Trinajstić information content (AvgIpc) is 3.17. The maximum Gasteiger partial charge on any atom is 0.254 e. The lowest BCUT2D eigenvalue weighted by atomic mass is 10.1. The molecule has 30 heavy (non-hydrogen) atoms. The van der Waals surface area contributed by atoms with Crippen LogP contribution in [0.25, 0.3) is 0 Å². The molecule has 0 radical (unpaired) electrons. The normalized spacial score (nSPS) is 10.6. The van der Waals surface area contributed by atoms with E-state index in [0.29, 0.717) is 5.56 Å². The topological polar surface area (TPSA) is 62.3 Å². The Hall–Kier alpha value is -2.29. The quantitative estimate of drug-likeness (QED) is 0.473. The van der Waals surface area contributed by atoms with Gasteiger partial charge in [-0.3, -0.25) is 9.59 Å². The summed E-state index contributed by atoms with van der Waals surface area (Å²) in [7, 11) is 1.64. The van der Waals surface area contributed by atoms with E-state index in [-0.39, 0.29) is 18.4 Å². The van der Waals surface area contributed by atoms with Crippen molar-refractivity contribution in [2.75, 3.05) is 25.2 Å². The number of amides is 2. The van der Waals surface area contributed by atoms with Crippen LogP contribution in [0.15, 0.2) is 63.1 Å². The van der Waals surface area contributed by atoms with Crippen LogP contribution in [-0.2, 0) is 10.5 Å². The maximum atomic E-state index is 12.7. The number of rotatable bonds is 8. The van der Waals surface area contributed by atoms with Gasteiger partial charge in [-0.2, -0.15) is 0 Å². The van der Waals surface area contributed by atoms with Gasteiger partial charge in [-0.1, -0.05) is 36.0 Å². The summed E-state index contributed by atoms with van der Waals surface area (Å²) in [6, 6.07) is 15.1. The number of aromatic nitrogens is 1. The Bertz CT molecular complexity index is 1020. The van der Waals surface area contributed by atoms with Crippen LogP contribution in [0, 0.1) is 6.92 Å². The zero-order valence-corrected chi connectivity index (χ0v) is 19.5. The largest absolute Gasteiger partial charge is 0.332 e. The molecule has 3 rings (SSSR count). The highest BCUT2D eigenvalue weighted by atomic mass is 32.2. The first-order valence-electron chi connectivity index (χ1n) is 9.28. The Morgan fingerprint density at radius 2 is 1.87 bits per heavy atom. The number of thiazole rings is 1. The fourth-order valence-electron chi connectivity index (χ4n) is 2.73. The minimum atomic E-state index is -0.223. The van der Waals surface area contributed by atoms with Crippen LogP contribution >= 0.6 is 34.9 Å². The molecule has 1 heterocycles. The molecule has 1 aromatic heterocycles. The summed E-state index contributed by atoms with van der Waals surface area (Å²) in [5, 5.41) is 4.92. The molecule has 0 aliphatic heterocycles. The molecule has 156 valence electrons. The molecular weight excluding hydrogens is 434 g/mol. The summed E-state index contributed by atoms with van der Waals surface area (Å²) in [5.74, 6) is 0.395. The molecule has 0 aliphatic carbocycles. The Labute approximate surface area is 189 Å². The first-order valence-corrected chi connectivity index (χ1v) is 12.4. The molecule has 0 saturated heterocycles. The molecule has 2 amide bonds. The van der Waals surface area contributed by atoms with Gasteiger partial charge >= 0.3 is 0 Å². The van der Waals surface area contributed by atoms with E-state index in [2.05, 4.69) is 10.3 Å². The van der Waals surface area contributed by atoms with E-state index in [1.54, 1.807) is 41.9 Å². The Kier molecular flexibility index (Phi) is 7.95. The Morgan fingerprint density at radius 3 is 2.53 bits per heavy atom. The predicted octanol–water partition coefficient (Wildman–Crippen LogP) is 5.18. The molecule has 8 heteroatoms. The molecular formula is C22H23N3O2S3. The lowest BCUT2D eigenvalue weighted by molar-refractivity contribution is -0.116. The fourth-order valence-corrected chi connectivity index (χ4v) is 5.09. The standard InChI is InChI=1S/C22H23N3O2S3/c1-15-13-29-22(23-15)30-14-16-8-10-17(11-9-16)21(27)25(2)12-20(26)24-18-6-4-5-7-19(18)28-3/h4-11,13H,12,14H2,1-3H3,(H,24,26). The maximum absolute atomic E-state index is 12.7. The van der Waals surface area contributed by atoms with Crippen molar-refractivity contribution in [3.05, 3.63) is 70.7 Å². The van der Waals surface area contributed by atoms with Gasteiger partial charge in [0, 0.05) is 34.3 Å². The van der Waals surface area contributed by atoms with Crippen molar-refractivity contribution in [3.63, 3.8) is 0 Å². The van der Waals surface area contributed by atoms with Crippen LogP contribution in [0.3, 0.4) is 0 Å². The number of thioether (sulfide) groups is 2. The highest BCUT2D eigenvalue weighted by molar-refractivity contribution is 8.00. The molecule has 1 N–H and O–H groups in total. The summed E-state index contributed by atoms with van der Waals surface area (Å²) in [4.78, 5) is 31.9. The van der Waals surface area contributed by atoms with Crippen LogP contribution in [0.4, 0.5) is 5.69 Å². The second-order valence-electron chi connectivity index (χ2n) is 6.65. The molecule has 0 atom stereocenters. The second-order valence-corrected chi connectivity index (χ2v) is 9.58. The van der Waals surface area contributed by atoms with Crippen molar-refractivity contribution in [3.8, 4) is 0 Å². The third-order valence-corrected chi connectivity index (χ3v) is 7.28. The summed E-state index contributed by atoms with van der Waals surface area (Å²) in [6.45, 7) is 1.97. The van der Waals surface area contributed by atoms with Gasteiger partial charge in [-0.05, 0) is 43.0 Å². The van der Waals surface area contributed by atoms with E-state index in [9.17, 15) is 9.59 Å². The van der Waals surface area contributed by atoms with Gasteiger partial charge in [0.15, 0.2) is 0 Å². The van der Waals surface area contributed by atoms with Crippen LogP contribution in [-0.4, -0.2) is 41.5 Å². The number of aryl methyl sites for hydroxylation is 1. The van der Waals surface area contributed by atoms with E-state index in [0.717, 1.165) is 31.9 Å². The Morgan fingerprint density at radius 1 is 1.13 bits per heavy atom. The molecule has 2 aromatic carbocycles. The van der Waals surface area contributed by atoms with Crippen LogP contribution in [0.1, 0.15) is 21.6 Å². The highest BCUT2D eigenvalue weighted by Crippen LogP contribution is 2.26. The van der Waals surface area contributed by atoms with E-state index in [4.69, 9.17) is 0 Å². The van der Waals surface area contributed by atoms with Crippen LogP contribution in [0.5, 0.6) is 0 Å². The van der Waals surface area contributed by atoms with Crippen molar-refractivity contribution >= 4 is 52.4 Å². The predicted molar refractivity (Wildman–Crippen MR) is 127 cm³/mol. The van der Waals surface area contributed by atoms with E-state index in [1.807, 2.05) is 67.1 Å². The van der Waals surface area contributed by atoms with Gasteiger partial charge in [0.1, 0.15) is 4.34 Å². The summed E-state index contributed by atoms with van der Waals surface area (Å²) in [5.41, 5.74) is 3.48. The number of carbonyl (C=O) groups excluding carboxylic acids is 2. The zero-order chi connectivity index (χ0) is 21.5. The lowest BCUT2D eigenvalue weighted by Gasteiger charge is -2.17. The van der Waals surface area contributed by atoms with Gasteiger partial charge in [-0.25, -0.2) is 4.98 Å². The van der Waals surface area contributed by atoms with Gasteiger partial charge in [-0.15, -0.1) is 23.1 Å². The SMILES string of the molecule is CSc1ccccc1NC(=O)CN(C)C(=O)c1ccc(CSc2nc(C)cs2)cc1. The van der Waals surface area contributed by atoms with Gasteiger partial charge in [0.25, 0.3) is 5.91 Å².